The van der Waals surface area contributed by atoms with Crippen LogP contribution in [0, 0.1) is 0 Å². The first kappa shape index (κ1) is 44.6. The molecule has 0 aliphatic carbocycles. The predicted molar refractivity (Wildman–Crippen MR) is 222 cm³/mol. The van der Waals surface area contributed by atoms with E-state index in [-0.39, 0.29) is 38.1 Å². The first-order valence-electron chi connectivity index (χ1n) is 20.0. The van der Waals surface area contributed by atoms with E-state index in [1.165, 1.54) is 11.8 Å². The summed E-state index contributed by atoms with van der Waals surface area (Å²) >= 11 is 0. The van der Waals surface area contributed by atoms with Crippen molar-refractivity contribution >= 4 is 20.3 Å². The molecule has 3 atom stereocenters. The molecule has 0 saturated carbocycles. The molecule has 11 nitrogen and oxygen atoms in total. The predicted octanol–water partition coefficient (Wildman–Crippen LogP) is 8.46. The van der Waals surface area contributed by atoms with Gasteiger partial charge in [-0.2, -0.15) is 0 Å². The van der Waals surface area contributed by atoms with Gasteiger partial charge in [0.1, 0.15) is 23.9 Å². The zero-order chi connectivity index (χ0) is 40.7. The summed E-state index contributed by atoms with van der Waals surface area (Å²) in [6, 6.07) is 23.7. The van der Waals surface area contributed by atoms with Crippen LogP contribution in [0.25, 0.3) is 0 Å². The highest BCUT2D eigenvalue weighted by Gasteiger charge is 2.50. The van der Waals surface area contributed by atoms with Gasteiger partial charge in [-0.15, -0.1) is 0 Å². The number of carboxylic acid groups (broad SMARTS) is 1. The third-order valence-corrected chi connectivity index (χ3v) is 16.9. The van der Waals surface area contributed by atoms with E-state index in [0.717, 1.165) is 40.4 Å². The van der Waals surface area contributed by atoms with Crippen LogP contribution in [0.3, 0.4) is 0 Å². The summed E-state index contributed by atoms with van der Waals surface area (Å²) in [5.74, 6) is 1.99. The third kappa shape index (κ3) is 12.2. The van der Waals surface area contributed by atoms with Crippen molar-refractivity contribution in [3.63, 3.8) is 0 Å². The molecule has 0 radical (unpaired) electrons. The number of nitrogens with zero attached hydrogens (tertiary/aromatic N) is 1. The topological polar surface area (TPSA) is 125 Å². The van der Waals surface area contributed by atoms with E-state index in [9.17, 15) is 14.7 Å². The Bertz CT molecular complexity index is 1630. The van der Waals surface area contributed by atoms with E-state index in [4.69, 9.17) is 28.1 Å². The van der Waals surface area contributed by atoms with E-state index in [2.05, 4.69) is 59.0 Å². The second-order valence-electron chi connectivity index (χ2n) is 15.4. The standard InChI is InChI=1S/C44H64N2O9Si/c1-31(2)56(32(3)4,33(5)6)55-42-29-46(44(48)49)28-41(54-27-26-53-40-17-12-9-14-35(40)22-23-45-34(7)47)43(42)36-18-20-38(21-19-36)52-25-13-24-51-30-37-15-10-11-16-39(37)50-8/h9-12,14-21,31-33,41-43H,13,22-30H2,1-8H3,(H,45,47)(H,48,49)/t41-,42+,43+/m0/s1. The van der Waals surface area contributed by atoms with E-state index in [1.54, 1.807) is 7.11 Å². The zero-order valence-corrected chi connectivity index (χ0v) is 35.6. The van der Waals surface area contributed by atoms with Crippen molar-refractivity contribution in [3.05, 3.63) is 89.5 Å². The number of rotatable bonds is 22. The monoisotopic (exact) mass is 792 g/mol. The van der Waals surface area contributed by atoms with Crippen molar-refractivity contribution in [2.45, 2.75) is 103 Å². The number of nitrogens with one attached hydrogen (secondary N) is 1. The van der Waals surface area contributed by atoms with Crippen molar-refractivity contribution in [1.82, 2.24) is 10.2 Å². The number of methoxy groups -OCH3 is 1. The average molecular weight is 793 g/mol. The Balaban J connectivity index is 1.49. The zero-order valence-electron chi connectivity index (χ0n) is 34.6. The van der Waals surface area contributed by atoms with Crippen molar-refractivity contribution in [3.8, 4) is 17.2 Å². The maximum Gasteiger partial charge on any atom is 0.407 e. The fourth-order valence-corrected chi connectivity index (χ4v) is 13.8. The Kier molecular flexibility index (Phi) is 17.5. The number of likely N-dealkylation sites (tertiary alicyclic amines) is 1. The summed E-state index contributed by atoms with van der Waals surface area (Å²) in [4.78, 5) is 25.4. The molecule has 0 bridgehead atoms. The van der Waals surface area contributed by atoms with Crippen LogP contribution >= 0.6 is 0 Å². The number of hydrogen-bond acceptors (Lipinski definition) is 8. The molecule has 1 aliphatic heterocycles. The van der Waals surface area contributed by atoms with Crippen molar-refractivity contribution in [1.29, 1.82) is 0 Å². The molecule has 1 heterocycles. The van der Waals surface area contributed by atoms with Gasteiger partial charge in [0.25, 0.3) is 0 Å². The average Bonchev–Trinajstić information content (AvgIpc) is 3.17. The Morgan fingerprint density at radius 3 is 2.04 bits per heavy atom. The van der Waals surface area contributed by atoms with Crippen LogP contribution in [0.5, 0.6) is 17.2 Å². The first-order chi connectivity index (χ1) is 26.9. The smallest absolute Gasteiger partial charge is 0.407 e. The van der Waals surface area contributed by atoms with Crippen LogP contribution in [-0.4, -0.2) is 95.7 Å². The fraction of sp³-hybridized carbons (Fsp3) is 0.545. The molecule has 3 aromatic carbocycles. The van der Waals surface area contributed by atoms with Crippen LogP contribution in [0.1, 0.15) is 77.5 Å². The van der Waals surface area contributed by atoms with Gasteiger partial charge in [-0.1, -0.05) is 90.1 Å². The van der Waals surface area contributed by atoms with Crippen LogP contribution in [0.15, 0.2) is 72.8 Å². The van der Waals surface area contributed by atoms with Crippen molar-refractivity contribution < 1.29 is 42.8 Å². The molecule has 1 saturated heterocycles. The molecule has 1 aliphatic rings. The molecule has 308 valence electrons. The molecule has 0 spiro atoms. The normalized spacial score (nSPS) is 17.3. The summed E-state index contributed by atoms with van der Waals surface area (Å²) in [7, 11) is -0.768. The van der Waals surface area contributed by atoms with E-state index < -0.39 is 26.6 Å². The second-order valence-corrected chi connectivity index (χ2v) is 20.8. The van der Waals surface area contributed by atoms with E-state index in [1.807, 2.05) is 60.7 Å². The van der Waals surface area contributed by atoms with Gasteiger partial charge >= 0.3 is 6.09 Å². The molecule has 56 heavy (non-hydrogen) atoms. The number of ether oxygens (including phenoxy) is 5. The number of para-hydroxylation sites is 2. The summed E-state index contributed by atoms with van der Waals surface area (Å²) < 4.78 is 37.6. The Labute approximate surface area is 335 Å². The van der Waals surface area contributed by atoms with Crippen LogP contribution < -0.4 is 19.5 Å². The lowest BCUT2D eigenvalue weighted by atomic mass is 9.84. The lowest BCUT2D eigenvalue weighted by Crippen LogP contribution is -2.59. The van der Waals surface area contributed by atoms with Gasteiger partial charge in [-0.3, -0.25) is 4.79 Å². The minimum atomic E-state index is -2.43. The molecule has 3 aromatic rings. The minimum absolute atomic E-state index is 0.0732. The molecule has 2 N–H and O–H groups in total. The van der Waals surface area contributed by atoms with Crippen LogP contribution in [-0.2, 0) is 31.7 Å². The second kappa shape index (κ2) is 22.0. The quantitative estimate of drug-likeness (QED) is 0.0762. The van der Waals surface area contributed by atoms with E-state index >= 15 is 0 Å². The van der Waals surface area contributed by atoms with Gasteiger partial charge in [0, 0.05) is 37.9 Å². The largest absolute Gasteiger partial charge is 0.496 e. The van der Waals surface area contributed by atoms with Crippen molar-refractivity contribution in [2.24, 2.45) is 0 Å². The van der Waals surface area contributed by atoms with Gasteiger partial charge < -0.3 is 43.4 Å². The number of hydrogen-bond donors (Lipinski definition) is 2. The fourth-order valence-electron chi connectivity index (χ4n) is 8.22. The number of carbonyl (C=O) groups excluding carboxylic acids is 1. The maximum atomic E-state index is 12.6. The highest BCUT2D eigenvalue weighted by Crippen LogP contribution is 2.46. The number of benzene rings is 3. The van der Waals surface area contributed by atoms with Gasteiger partial charge in [0.15, 0.2) is 0 Å². The van der Waals surface area contributed by atoms with Crippen LogP contribution in [0.4, 0.5) is 4.79 Å². The summed E-state index contributed by atoms with van der Waals surface area (Å²) in [5, 5.41) is 13.1. The molecule has 0 aromatic heterocycles. The Morgan fingerprint density at radius 2 is 1.41 bits per heavy atom. The SMILES string of the molecule is COc1ccccc1COCCCOc1ccc([C@@H]2[C@@H](OCCOc3ccccc3CCNC(C)=O)CN(C(=O)O)C[C@H]2O[Si](C(C)C)(C(C)C)C(C)C)cc1. The summed E-state index contributed by atoms with van der Waals surface area (Å²) in [5.41, 5.74) is 3.96. The minimum Gasteiger partial charge on any atom is -0.496 e. The molecule has 0 unspecified atom stereocenters. The number of carbonyl (C=O) groups is 2. The lowest BCUT2D eigenvalue weighted by Gasteiger charge is -2.50. The number of piperidine rings is 1. The van der Waals surface area contributed by atoms with Crippen LogP contribution in [0.2, 0.25) is 16.6 Å². The van der Waals surface area contributed by atoms with Gasteiger partial charge in [0.05, 0.1) is 52.3 Å². The molecule has 2 amide bonds. The third-order valence-electron chi connectivity index (χ3n) is 10.8. The highest BCUT2D eigenvalue weighted by molar-refractivity contribution is 6.77. The maximum absolute atomic E-state index is 12.6. The van der Waals surface area contributed by atoms with Crippen molar-refractivity contribution in [2.75, 3.05) is 53.2 Å². The van der Waals surface area contributed by atoms with Gasteiger partial charge in [-0.05, 0) is 58.4 Å². The highest BCUT2D eigenvalue weighted by atomic mass is 28.4. The molecule has 1 fully saturated rings. The van der Waals surface area contributed by atoms with Gasteiger partial charge in [0.2, 0.25) is 14.2 Å². The van der Waals surface area contributed by atoms with Gasteiger partial charge in [-0.25, -0.2) is 4.79 Å². The lowest BCUT2D eigenvalue weighted by molar-refractivity contribution is -0.118. The molecule has 12 heteroatoms. The Morgan fingerprint density at radius 1 is 0.786 bits per heavy atom. The van der Waals surface area contributed by atoms with E-state index in [0.29, 0.717) is 49.4 Å². The number of amides is 2. The first-order valence-corrected chi connectivity index (χ1v) is 22.2. The summed E-state index contributed by atoms with van der Waals surface area (Å²) in [6.45, 7) is 18.0. The summed E-state index contributed by atoms with van der Waals surface area (Å²) in [6.07, 6.45) is -0.514. The molecular weight excluding hydrogens is 729 g/mol. The Hall–Kier alpha value is -4.10. The molecular formula is C44H64N2O9Si. The molecule has 4 rings (SSSR count).